The number of fused-ring (bicyclic) bond motifs is 2. The smallest absolute Gasteiger partial charge is 0.312 e. The van der Waals surface area contributed by atoms with Crippen molar-refractivity contribution in [3.63, 3.8) is 0 Å². The fourth-order valence-corrected chi connectivity index (χ4v) is 5.22. The van der Waals surface area contributed by atoms with Crippen LogP contribution in [-0.2, 0) is 16.0 Å². The van der Waals surface area contributed by atoms with E-state index in [1.165, 1.54) is 5.56 Å². The van der Waals surface area contributed by atoms with Crippen molar-refractivity contribution in [2.24, 2.45) is 5.41 Å². The molecule has 1 N–H and O–H groups in total. The maximum absolute atomic E-state index is 13.2. The van der Waals surface area contributed by atoms with Gasteiger partial charge < -0.3 is 19.4 Å². The molecule has 1 aromatic heterocycles. The minimum Gasteiger partial charge on any atom is -0.490 e. The lowest BCUT2D eigenvalue weighted by Gasteiger charge is -2.40. The molecule has 1 saturated heterocycles. The third-order valence-electron chi connectivity index (χ3n) is 7.19. The van der Waals surface area contributed by atoms with Crippen molar-refractivity contribution in [1.29, 1.82) is 0 Å². The summed E-state index contributed by atoms with van der Waals surface area (Å²) in [5.41, 5.74) is 3.04. The molecule has 2 aliphatic rings. The van der Waals surface area contributed by atoms with E-state index in [1.807, 2.05) is 48.2 Å². The number of H-pyrrole nitrogens is 1. The summed E-state index contributed by atoms with van der Waals surface area (Å²) in [6.07, 6.45) is 4.90. The normalized spacial score (nSPS) is 19.0. The Bertz CT molecular complexity index is 1190. The van der Waals surface area contributed by atoms with Crippen molar-refractivity contribution in [1.82, 2.24) is 14.9 Å². The summed E-state index contributed by atoms with van der Waals surface area (Å²) < 4.78 is 11.6. The first-order valence-electron chi connectivity index (χ1n) is 12.2. The minimum absolute atomic E-state index is 0.00414. The number of rotatable bonds is 1. The molecule has 2 aromatic carbocycles. The van der Waals surface area contributed by atoms with Gasteiger partial charge in [0.15, 0.2) is 0 Å². The number of amides is 1. The first kappa shape index (κ1) is 22.4. The van der Waals surface area contributed by atoms with Crippen LogP contribution in [0.25, 0.3) is 11.0 Å². The SMILES string of the molecule is Cc1nc2ccc(C(=O)N3CCC4(CCCCc5ccccc5OCCOC4=O)CC3)cc2[nH]1. The number of esters is 1. The number of piperidine rings is 1. The molecule has 7 nitrogen and oxygen atoms in total. The van der Waals surface area contributed by atoms with Gasteiger partial charge in [-0.1, -0.05) is 24.6 Å². The van der Waals surface area contributed by atoms with Crippen molar-refractivity contribution in [3.8, 4) is 5.75 Å². The van der Waals surface area contributed by atoms with E-state index in [0.717, 1.165) is 48.3 Å². The zero-order chi connectivity index (χ0) is 23.5. The van der Waals surface area contributed by atoms with Crippen LogP contribution in [0.3, 0.4) is 0 Å². The van der Waals surface area contributed by atoms with Crippen molar-refractivity contribution < 1.29 is 19.1 Å². The molecular weight excluding hydrogens is 430 g/mol. The molecule has 1 spiro atoms. The lowest BCUT2D eigenvalue weighted by Crippen LogP contribution is -2.47. The van der Waals surface area contributed by atoms with Crippen LogP contribution in [0.4, 0.5) is 0 Å². The Labute approximate surface area is 199 Å². The summed E-state index contributed by atoms with van der Waals surface area (Å²) >= 11 is 0. The lowest BCUT2D eigenvalue weighted by molar-refractivity contribution is -0.160. The van der Waals surface area contributed by atoms with Gasteiger partial charge in [0.25, 0.3) is 5.91 Å². The number of carbonyl (C=O) groups excluding carboxylic acids is 2. The number of imidazole rings is 1. The summed E-state index contributed by atoms with van der Waals surface area (Å²) in [6, 6.07) is 13.7. The number of aromatic amines is 1. The summed E-state index contributed by atoms with van der Waals surface area (Å²) in [4.78, 5) is 35.8. The number of benzene rings is 2. The van der Waals surface area contributed by atoms with Crippen LogP contribution < -0.4 is 4.74 Å². The van der Waals surface area contributed by atoms with Gasteiger partial charge in [0.05, 0.1) is 16.4 Å². The van der Waals surface area contributed by atoms with Gasteiger partial charge in [0, 0.05) is 18.7 Å². The standard InChI is InChI=1S/C27H31N3O4/c1-19-28-22-10-9-21(18-23(22)29-19)25(31)30-14-12-27(13-15-30)11-5-4-7-20-6-2-3-8-24(20)33-16-17-34-26(27)32/h2-3,6,8-10,18H,4-5,7,11-17H2,1H3,(H,28,29). The quantitative estimate of drug-likeness (QED) is 0.542. The van der Waals surface area contributed by atoms with Crippen LogP contribution in [0, 0.1) is 12.3 Å². The molecule has 34 heavy (non-hydrogen) atoms. The molecule has 0 aliphatic carbocycles. The predicted octanol–water partition coefficient (Wildman–Crippen LogP) is 4.44. The van der Waals surface area contributed by atoms with Crippen LogP contribution in [0.5, 0.6) is 5.75 Å². The summed E-state index contributed by atoms with van der Waals surface area (Å²) in [5.74, 6) is 1.56. The van der Waals surface area contributed by atoms with Gasteiger partial charge in [-0.2, -0.15) is 0 Å². The van der Waals surface area contributed by atoms with Gasteiger partial charge in [-0.25, -0.2) is 4.98 Å². The largest absolute Gasteiger partial charge is 0.490 e. The van der Waals surface area contributed by atoms with Crippen molar-refractivity contribution in [3.05, 3.63) is 59.4 Å². The van der Waals surface area contributed by atoms with E-state index in [-0.39, 0.29) is 18.5 Å². The fraction of sp³-hybridized carbons (Fsp3) is 0.444. The molecule has 0 radical (unpaired) electrons. The minimum atomic E-state index is -0.528. The Balaban J connectivity index is 1.26. The third-order valence-corrected chi connectivity index (χ3v) is 7.19. The number of likely N-dealkylation sites (tertiary alicyclic amines) is 1. The maximum atomic E-state index is 13.2. The highest BCUT2D eigenvalue weighted by Crippen LogP contribution is 2.39. The molecule has 3 heterocycles. The molecule has 0 bridgehead atoms. The Morgan fingerprint density at radius 3 is 2.68 bits per heavy atom. The summed E-state index contributed by atoms with van der Waals surface area (Å²) in [6.45, 7) is 3.58. The predicted molar refractivity (Wildman–Crippen MR) is 129 cm³/mol. The first-order valence-corrected chi connectivity index (χ1v) is 12.2. The van der Waals surface area contributed by atoms with Crippen molar-refractivity contribution in [2.45, 2.75) is 45.4 Å². The van der Waals surface area contributed by atoms with Gasteiger partial charge in [0.1, 0.15) is 24.8 Å². The number of ether oxygens (including phenoxy) is 2. The van der Waals surface area contributed by atoms with Crippen LogP contribution >= 0.6 is 0 Å². The maximum Gasteiger partial charge on any atom is 0.312 e. The van der Waals surface area contributed by atoms with Crippen LogP contribution in [0.15, 0.2) is 42.5 Å². The van der Waals surface area contributed by atoms with Gasteiger partial charge >= 0.3 is 5.97 Å². The van der Waals surface area contributed by atoms with Gasteiger partial charge in [-0.15, -0.1) is 0 Å². The molecule has 0 unspecified atom stereocenters. The monoisotopic (exact) mass is 461 g/mol. The summed E-state index contributed by atoms with van der Waals surface area (Å²) in [7, 11) is 0. The second-order valence-corrected chi connectivity index (χ2v) is 9.43. The van der Waals surface area contributed by atoms with Crippen LogP contribution in [0.2, 0.25) is 0 Å². The number of hydrogen-bond donors (Lipinski definition) is 1. The van der Waals surface area contributed by atoms with E-state index in [0.29, 0.717) is 38.1 Å². The molecule has 3 aromatic rings. The number of carbonyl (C=O) groups is 2. The zero-order valence-corrected chi connectivity index (χ0v) is 19.6. The molecular formula is C27H31N3O4. The molecule has 7 heteroatoms. The second-order valence-electron chi connectivity index (χ2n) is 9.43. The van der Waals surface area contributed by atoms with Crippen molar-refractivity contribution in [2.75, 3.05) is 26.3 Å². The van der Waals surface area contributed by atoms with Gasteiger partial charge in [0.2, 0.25) is 0 Å². The number of hydrogen-bond acceptors (Lipinski definition) is 5. The number of aromatic nitrogens is 2. The fourth-order valence-electron chi connectivity index (χ4n) is 5.22. The Morgan fingerprint density at radius 2 is 1.82 bits per heavy atom. The second kappa shape index (κ2) is 9.49. The number of aryl methyl sites for hydroxylation is 2. The lowest BCUT2D eigenvalue weighted by atomic mass is 9.74. The number of nitrogens with zero attached hydrogens (tertiary/aromatic N) is 2. The average Bonchev–Trinajstić information content (AvgIpc) is 3.23. The van der Waals surface area contributed by atoms with E-state index >= 15 is 0 Å². The molecule has 178 valence electrons. The molecule has 2 aliphatic heterocycles. The van der Waals surface area contributed by atoms with E-state index in [4.69, 9.17) is 9.47 Å². The molecule has 5 rings (SSSR count). The highest BCUT2D eigenvalue weighted by Gasteiger charge is 2.43. The Morgan fingerprint density at radius 1 is 1.03 bits per heavy atom. The third kappa shape index (κ3) is 4.52. The topological polar surface area (TPSA) is 84.5 Å². The van der Waals surface area contributed by atoms with E-state index in [1.54, 1.807) is 0 Å². The Hall–Kier alpha value is -3.35. The van der Waals surface area contributed by atoms with Gasteiger partial charge in [-0.3, -0.25) is 9.59 Å². The highest BCUT2D eigenvalue weighted by molar-refractivity contribution is 5.97. The zero-order valence-electron chi connectivity index (χ0n) is 19.6. The first-order chi connectivity index (χ1) is 16.5. The van der Waals surface area contributed by atoms with E-state index < -0.39 is 5.41 Å². The van der Waals surface area contributed by atoms with E-state index in [9.17, 15) is 9.59 Å². The molecule has 1 amide bonds. The van der Waals surface area contributed by atoms with Crippen LogP contribution in [-0.4, -0.2) is 53.0 Å². The summed E-state index contributed by atoms with van der Waals surface area (Å²) in [5, 5.41) is 0. The molecule has 0 saturated carbocycles. The van der Waals surface area contributed by atoms with E-state index in [2.05, 4.69) is 16.0 Å². The number of nitrogens with one attached hydrogen (secondary N) is 1. The van der Waals surface area contributed by atoms with Crippen LogP contribution in [0.1, 0.15) is 53.8 Å². The number of para-hydroxylation sites is 1. The molecule has 1 fully saturated rings. The number of cyclic esters (lactones) is 1. The average molecular weight is 462 g/mol. The van der Waals surface area contributed by atoms with Crippen molar-refractivity contribution >= 4 is 22.9 Å². The van der Waals surface area contributed by atoms with Gasteiger partial charge in [-0.05, 0) is 68.9 Å². The Kier molecular flexibility index (Phi) is 6.26. The highest BCUT2D eigenvalue weighted by atomic mass is 16.6. The molecule has 0 atom stereocenters.